The lowest BCUT2D eigenvalue weighted by molar-refractivity contribution is -0.137. The number of rotatable bonds is 8. The Morgan fingerprint density at radius 2 is 1.80 bits per heavy atom. The maximum atomic E-state index is 12.7. The van der Waals surface area contributed by atoms with E-state index in [-0.39, 0.29) is 6.04 Å². The second-order valence-corrected chi connectivity index (χ2v) is 6.11. The predicted octanol–water partition coefficient (Wildman–Crippen LogP) is 5.39. The summed E-state index contributed by atoms with van der Waals surface area (Å²) in [5.74, 6) is 0.829. The molecule has 1 unspecified atom stereocenters. The first-order valence-corrected chi connectivity index (χ1v) is 8.43. The summed E-state index contributed by atoms with van der Waals surface area (Å²) in [6.07, 6.45) is -1.87. The third-order valence-corrected chi connectivity index (χ3v) is 4.19. The lowest BCUT2D eigenvalue weighted by atomic mass is 10.0. The minimum atomic E-state index is -4.27. The first kappa shape index (κ1) is 19.3. The highest BCUT2D eigenvalue weighted by Crippen LogP contribution is 2.29. The monoisotopic (exact) mass is 351 g/mol. The average molecular weight is 351 g/mol. The summed E-state index contributed by atoms with van der Waals surface area (Å²) >= 11 is 0. The molecular weight excluding hydrogens is 327 g/mol. The van der Waals surface area contributed by atoms with E-state index in [1.54, 1.807) is 13.2 Å². The van der Waals surface area contributed by atoms with Crippen LogP contribution >= 0.6 is 0 Å². The molecule has 2 aromatic rings. The van der Waals surface area contributed by atoms with Crippen molar-refractivity contribution in [2.45, 2.75) is 38.4 Å². The minimum absolute atomic E-state index is 0.198. The zero-order valence-corrected chi connectivity index (χ0v) is 14.6. The van der Waals surface area contributed by atoms with Crippen molar-refractivity contribution in [2.75, 3.05) is 13.7 Å². The smallest absolute Gasteiger partial charge is 0.416 e. The van der Waals surface area contributed by atoms with Crippen LogP contribution in [0.3, 0.4) is 0 Å². The van der Waals surface area contributed by atoms with Crippen LogP contribution in [0.5, 0.6) is 5.75 Å². The summed E-state index contributed by atoms with van der Waals surface area (Å²) in [7, 11) is 1.64. The summed E-state index contributed by atoms with van der Waals surface area (Å²) in [5, 5.41) is 3.44. The number of hydrogen-bond acceptors (Lipinski definition) is 2. The number of unbranched alkanes of at least 4 members (excludes halogenated alkanes) is 1. The number of aryl methyl sites for hydroxylation is 1. The Morgan fingerprint density at radius 1 is 1.04 bits per heavy atom. The third-order valence-electron chi connectivity index (χ3n) is 4.19. The van der Waals surface area contributed by atoms with Gasteiger partial charge in [0, 0.05) is 6.04 Å². The van der Waals surface area contributed by atoms with Crippen LogP contribution in [0, 0.1) is 0 Å². The van der Waals surface area contributed by atoms with Crippen molar-refractivity contribution < 1.29 is 17.9 Å². The van der Waals surface area contributed by atoms with Gasteiger partial charge in [-0.25, -0.2) is 0 Å². The maximum absolute atomic E-state index is 12.7. The molecule has 136 valence electrons. The number of methoxy groups -OCH3 is 1. The van der Waals surface area contributed by atoms with Crippen LogP contribution in [-0.2, 0) is 12.6 Å². The summed E-state index contributed by atoms with van der Waals surface area (Å²) < 4.78 is 43.3. The van der Waals surface area contributed by atoms with Gasteiger partial charge in [0.1, 0.15) is 5.75 Å². The number of benzene rings is 2. The van der Waals surface area contributed by atoms with Crippen molar-refractivity contribution in [3.63, 3.8) is 0 Å². The molecule has 0 aliphatic heterocycles. The topological polar surface area (TPSA) is 21.3 Å². The lowest BCUT2D eigenvalue weighted by Gasteiger charge is -2.15. The van der Waals surface area contributed by atoms with Gasteiger partial charge in [0.15, 0.2) is 0 Å². The van der Waals surface area contributed by atoms with Gasteiger partial charge in [-0.15, -0.1) is 0 Å². The summed E-state index contributed by atoms with van der Waals surface area (Å²) in [6, 6.07) is 13.7. The first-order valence-electron chi connectivity index (χ1n) is 8.43. The van der Waals surface area contributed by atoms with E-state index in [1.807, 2.05) is 24.3 Å². The Bertz CT molecular complexity index is 670. The molecule has 0 spiro atoms. The second-order valence-electron chi connectivity index (χ2n) is 6.11. The van der Waals surface area contributed by atoms with Crippen LogP contribution in [0.15, 0.2) is 48.5 Å². The van der Waals surface area contributed by atoms with E-state index in [1.165, 1.54) is 12.1 Å². The Labute approximate surface area is 147 Å². The molecule has 0 aliphatic rings. The minimum Gasteiger partial charge on any atom is -0.497 e. The van der Waals surface area contributed by atoms with E-state index in [4.69, 9.17) is 4.74 Å². The molecule has 0 fully saturated rings. The molecular formula is C20H24F3NO. The highest BCUT2D eigenvalue weighted by Gasteiger charge is 2.30. The predicted molar refractivity (Wildman–Crippen MR) is 93.8 cm³/mol. The largest absolute Gasteiger partial charge is 0.497 e. The number of alkyl halides is 3. The number of hydrogen-bond donors (Lipinski definition) is 1. The molecule has 0 bridgehead atoms. The van der Waals surface area contributed by atoms with E-state index in [0.29, 0.717) is 6.42 Å². The standard InChI is InChI=1S/C20H24F3NO/c1-15(17-9-6-11-19(14-17)25-2)24-12-4-3-7-16-8-5-10-18(13-16)20(21,22)23/h5-6,8-11,13-15,24H,3-4,7,12H2,1-2H3. The van der Waals surface area contributed by atoms with Gasteiger partial charge < -0.3 is 10.1 Å². The van der Waals surface area contributed by atoms with Crippen molar-refractivity contribution >= 4 is 0 Å². The maximum Gasteiger partial charge on any atom is 0.416 e. The fraction of sp³-hybridized carbons (Fsp3) is 0.400. The van der Waals surface area contributed by atoms with Gasteiger partial charge >= 0.3 is 6.18 Å². The second kappa shape index (κ2) is 8.90. The van der Waals surface area contributed by atoms with Crippen LogP contribution < -0.4 is 10.1 Å². The molecule has 1 atom stereocenters. The zero-order chi connectivity index (χ0) is 18.3. The Hall–Kier alpha value is -2.01. The summed E-state index contributed by atoms with van der Waals surface area (Å²) in [4.78, 5) is 0. The van der Waals surface area contributed by atoms with E-state index < -0.39 is 11.7 Å². The fourth-order valence-corrected chi connectivity index (χ4v) is 2.70. The normalized spacial score (nSPS) is 12.8. The van der Waals surface area contributed by atoms with Crippen molar-refractivity contribution in [3.05, 3.63) is 65.2 Å². The molecule has 0 aromatic heterocycles. The van der Waals surface area contributed by atoms with Crippen LogP contribution in [0.4, 0.5) is 13.2 Å². The van der Waals surface area contributed by atoms with Gasteiger partial charge in [0.25, 0.3) is 0 Å². The van der Waals surface area contributed by atoms with Gasteiger partial charge in [0.2, 0.25) is 0 Å². The van der Waals surface area contributed by atoms with Crippen LogP contribution in [0.1, 0.15) is 42.5 Å². The molecule has 0 radical (unpaired) electrons. The molecule has 1 N–H and O–H groups in total. The van der Waals surface area contributed by atoms with Crippen LogP contribution in [0.2, 0.25) is 0 Å². The number of nitrogens with one attached hydrogen (secondary N) is 1. The molecule has 25 heavy (non-hydrogen) atoms. The summed E-state index contributed by atoms with van der Waals surface area (Å²) in [5.41, 5.74) is 1.31. The van der Waals surface area contributed by atoms with Crippen LogP contribution in [0.25, 0.3) is 0 Å². The van der Waals surface area contributed by atoms with Gasteiger partial charge in [-0.2, -0.15) is 13.2 Å². The Kier molecular flexibility index (Phi) is 6.88. The van der Waals surface area contributed by atoms with Gasteiger partial charge in [0.05, 0.1) is 12.7 Å². The van der Waals surface area contributed by atoms with Gasteiger partial charge in [-0.05, 0) is 62.1 Å². The van der Waals surface area contributed by atoms with Crippen molar-refractivity contribution in [3.8, 4) is 5.75 Å². The highest BCUT2D eigenvalue weighted by molar-refractivity contribution is 5.30. The van der Waals surface area contributed by atoms with Crippen molar-refractivity contribution in [2.24, 2.45) is 0 Å². The molecule has 5 heteroatoms. The molecule has 0 heterocycles. The molecule has 2 aromatic carbocycles. The average Bonchev–Trinajstić information content (AvgIpc) is 2.61. The van der Waals surface area contributed by atoms with Crippen molar-refractivity contribution in [1.82, 2.24) is 5.32 Å². The Balaban J connectivity index is 1.74. The van der Waals surface area contributed by atoms with Gasteiger partial charge in [-0.3, -0.25) is 0 Å². The summed E-state index contributed by atoms with van der Waals surface area (Å²) in [6.45, 7) is 2.90. The van der Waals surface area contributed by atoms with Crippen molar-refractivity contribution in [1.29, 1.82) is 0 Å². The molecule has 0 saturated heterocycles. The molecule has 2 nitrogen and oxygen atoms in total. The van der Waals surface area contributed by atoms with E-state index in [2.05, 4.69) is 12.2 Å². The molecule has 0 aliphatic carbocycles. The van der Waals surface area contributed by atoms with E-state index >= 15 is 0 Å². The molecule has 0 saturated carbocycles. The SMILES string of the molecule is COc1cccc(C(C)NCCCCc2cccc(C(F)(F)F)c2)c1. The van der Waals surface area contributed by atoms with Crippen LogP contribution in [-0.4, -0.2) is 13.7 Å². The molecule has 2 rings (SSSR count). The number of ether oxygens (including phenoxy) is 1. The lowest BCUT2D eigenvalue weighted by Crippen LogP contribution is -2.20. The van der Waals surface area contributed by atoms with E-state index in [0.717, 1.165) is 42.3 Å². The first-order chi connectivity index (χ1) is 11.9. The Morgan fingerprint density at radius 3 is 2.52 bits per heavy atom. The highest BCUT2D eigenvalue weighted by atomic mass is 19.4. The fourth-order valence-electron chi connectivity index (χ4n) is 2.70. The number of halogens is 3. The van der Waals surface area contributed by atoms with E-state index in [9.17, 15) is 13.2 Å². The zero-order valence-electron chi connectivity index (χ0n) is 14.6. The quantitative estimate of drug-likeness (QED) is 0.644. The third kappa shape index (κ3) is 6.09. The van der Waals surface area contributed by atoms with Gasteiger partial charge in [-0.1, -0.05) is 30.3 Å². The molecule has 0 amide bonds.